The van der Waals surface area contributed by atoms with Crippen LogP contribution in [0.4, 0.5) is 10.8 Å². The second kappa shape index (κ2) is 8.95. The summed E-state index contributed by atoms with van der Waals surface area (Å²) < 4.78 is 1.56. The molecule has 4 rings (SSSR count). The van der Waals surface area contributed by atoms with Crippen molar-refractivity contribution in [1.29, 1.82) is 0 Å². The molecule has 4 aromatic rings. The minimum absolute atomic E-state index is 0.0295. The number of pyridine rings is 1. The molecule has 0 aliphatic carbocycles. The van der Waals surface area contributed by atoms with Gasteiger partial charge in [0.1, 0.15) is 6.04 Å². The van der Waals surface area contributed by atoms with Crippen LogP contribution in [-0.4, -0.2) is 20.4 Å². The number of carbonyl (C=O) groups excluding carboxylic acids is 1. The van der Waals surface area contributed by atoms with Crippen LogP contribution in [0.3, 0.4) is 0 Å². The van der Waals surface area contributed by atoms with Crippen LogP contribution >= 0.6 is 11.3 Å². The Kier molecular flexibility index (Phi) is 6.06. The molecule has 2 aromatic carbocycles. The number of para-hydroxylation sites is 1. The first-order valence-corrected chi connectivity index (χ1v) is 11.3. The van der Waals surface area contributed by atoms with E-state index >= 15 is 0 Å². The van der Waals surface area contributed by atoms with E-state index in [4.69, 9.17) is 0 Å². The molecule has 2 heterocycles. The Bertz CT molecular complexity index is 1440. The number of hydrogen-bond donors (Lipinski definition) is 1. The highest BCUT2D eigenvalue weighted by molar-refractivity contribution is 7.14. The molecule has 9 heteroatoms. The highest BCUT2D eigenvalue weighted by atomic mass is 32.1. The van der Waals surface area contributed by atoms with Crippen LogP contribution in [0.5, 0.6) is 0 Å². The summed E-state index contributed by atoms with van der Waals surface area (Å²) in [6.07, 6.45) is 0.418. The predicted molar refractivity (Wildman–Crippen MR) is 130 cm³/mol. The van der Waals surface area contributed by atoms with Gasteiger partial charge in [0.15, 0.2) is 5.13 Å². The van der Waals surface area contributed by atoms with Crippen LogP contribution in [0.25, 0.3) is 22.2 Å². The SMILES string of the molecule is CCC(C(=O)Nc1nc(-c2cccc([N+](=O)[O-])c2)cs1)n1c(=O)cc(C)c2cccc(C)c21. The average Bonchev–Trinajstić information content (AvgIpc) is 3.25. The average molecular weight is 463 g/mol. The lowest BCUT2D eigenvalue weighted by atomic mass is 10.0. The molecule has 0 aliphatic rings. The van der Waals surface area contributed by atoms with Crippen molar-refractivity contribution in [2.45, 2.75) is 33.2 Å². The number of amides is 1. The number of aryl methyl sites for hydroxylation is 2. The number of hydrogen-bond acceptors (Lipinski definition) is 6. The summed E-state index contributed by atoms with van der Waals surface area (Å²) in [5, 5.41) is 16.9. The lowest BCUT2D eigenvalue weighted by molar-refractivity contribution is -0.384. The second-order valence-corrected chi connectivity index (χ2v) is 8.62. The molecule has 0 bridgehead atoms. The number of non-ortho nitro benzene ring substituents is 1. The first-order chi connectivity index (χ1) is 15.8. The van der Waals surface area contributed by atoms with Gasteiger partial charge in [0.05, 0.1) is 16.1 Å². The molecule has 33 heavy (non-hydrogen) atoms. The van der Waals surface area contributed by atoms with Gasteiger partial charge in [-0.1, -0.05) is 37.3 Å². The zero-order valence-corrected chi connectivity index (χ0v) is 19.2. The summed E-state index contributed by atoms with van der Waals surface area (Å²) in [6.45, 7) is 5.67. The maximum Gasteiger partial charge on any atom is 0.270 e. The van der Waals surface area contributed by atoms with Crippen molar-refractivity contribution in [3.8, 4) is 11.3 Å². The first-order valence-electron chi connectivity index (χ1n) is 10.4. The number of rotatable bonds is 6. The lowest BCUT2D eigenvalue weighted by Crippen LogP contribution is -2.33. The van der Waals surface area contributed by atoms with E-state index in [1.54, 1.807) is 28.1 Å². The molecule has 168 valence electrons. The topological polar surface area (TPSA) is 107 Å². The fourth-order valence-corrected chi connectivity index (χ4v) is 4.69. The lowest BCUT2D eigenvalue weighted by Gasteiger charge is -2.21. The van der Waals surface area contributed by atoms with Gasteiger partial charge in [0, 0.05) is 34.5 Å². The van der Waals surface area contributed by atoms with Crippen LogP contribution in [0.15, 0.2) is 58.7 Å². The number of nitro benzene ring substituents is 1. The third-order valence-corrected chi connectivity index (χ3v) is 6.33. The molecule has 0 saturated carbocycles. The van der Waals surface area contributed by atoms with Gasteiger partial charge in [0.25, 0.3) is 11.2 Å². The fraction of sp³-hybridized carbons (Fsp3) is 0.208. The van der Waals surface area contributed by atoms with E-state index in [0.717, 1.165) is 22.0 Å². The minimum Gasteiger partial charge on any atom is -0.300 e. The van der Waals surface area contributed by atoms with Crippen LogP contribution < -0.4 is 10.9 Å². The fourth-order valence-electron chi connectivity index (χ4n) is 3.97. The Labute approximate surface area is 193 Å². The van der Waals surface area contributed by atoms with Gasteiger partial charge in [-0.25, -0.2) is 4.98 Å². The molecule has 2 aromatic heterocycles. The molecule has 0 saturated heterocycles. The molecule has 8 nitrogen and oxygen atoms in total. The maximum atomic E-state index is 13.2. The standard InChI is InChI=1S/C24H22N4O4S/c1-4-20(27-21(29)11-15(3)18-10-5-7-14(2)22(18)27)23(30)26-24-25-19(13-33-24)16-8-6-9-17(12-16)28(31)32/h5-13,20H,4H2,1-3H3,(H,25,26,30). The zero-order chi connectivity index (χ0) is 23.7. The molecule has 1 atom stereocenters. The Morgan fingerprint density at radius 2 is 1.94 bits per heavy atom. The van der Waals surface area contributed by atoms with Crippen molar-refractivity contribution in [2.24, 2.45) is 0 Å². The predicted octanol–water partition coefficient (Wildman–Crippen LogP) is 5.24. The third kappa shape index (κ3) is 4.27. The van der Waals surface area contributed by atoms with E-state index in [2.05, 4.69) is 10.3 Å². The number of anilines is 1. The van der Waals surface area contributed by atoms with Crippen molar-refractivity contribution in [2.75, 3.05) is 5.32 Å². The van der Waals surface area contributed by atoms with Crippen molar-refractivity contribution in [3.05, 3.63) is 85.5 Å². The van der Waals surface area contributed by atoms with E-state index in [1.807, 2.05) is 39.0 Å². The van der Waals surface area contributed by atoms with E-state index in [-0.39, 0.29) is 17.2 Å². The number of benzene rings is 2. The number of aromatic nitrogens is 2. The van der Waals surface area contributed by atoms with E-state index < -0.39 is 11.0 Å². The van der Waals surface area contributed by atoms with Crippen molar-refractivity contribution < 1.29 is 9.72 Å². The third-order valence-electron chi connectivity index (χ3n) is 5.57. The summed E-state index contributed by atoms with van der Waals surface area (Å²) in [4.78, 5) is 41.2. The minimum atomic E-state index is -0.716. The van der Waals surface area contributed by atoms with E-state index in [9.17, 15) is 19.7 Å². The monoisotopic (exact) mass is 462 g/mol. The molecule has 1 N–H and O–H groups in total. The first kappa shape index (κ1) is 22.3. The van der Waals surface area contributed by atoms with Crippen LogP contribution in [0.2, 0.25) is 0 Å². The van der Waals surface area contributed by atoms with E-state index in [0.29, 0.717) is 22.8 Å². The zero-order valence-electron chi connectivity index (χ0n) is 18.4. The maximum absolute atomic E-state index is 13.2. The molecule has 0 spiro atoms. The largest absolute Gasteiger partial charge is 0.300 e. The quantitative estimate of drug-likeness (QED) is 0.311. The Hall–Kier alpha value is -3.85. The molecule has 0 aliphatic heterocycles. The van der Waals surface area contributed by atoms with Gasteiger partial charge in [-0.2, -0.15) is 0 Å². The Morgan fingerprint density at radius 3 is 2.67 bits per heavy atom. The van der Waals surface area contributed by atoms with Crippen molar-refractivity contribution >= 4 is 39.0 Å². The highest BCUT2D eigenvalue weighted by Gasteiger charge is 2.24. The smallest absolute Gasteiger partial charge is 0.270 e. The molecule has 0 fully saturated rings. The van der Waals surface area contributed by atoms with Crippen LogP contribution in [0.1, 0.15) is 30.5 Å². The number of thiazole rings is 1. The molecular formula is C24H22N4O4S. The molecule has 1 amide bonds. The van der Waals surface area contributed by atoms with Gasteiger partial charge < -0.3 is 5.32 Å². The second-order valence-electron chi connectivity index (χ2n) is 7.77. The number of nitro groups is 1. The summed E-state index contributed by atoms with van der Waals surface area (Å²) >= 11 is 1.22. The van der Waals surface area contributed by atoms with Crippen LogP contribution in [0, 0.1) is 24.0 Å². The summed E-state index contributed by atoms with van der Waals surface area (Å²) in [5.41, 5.74) is 3.39. The van der Waals surface area contributed by atoms with Gasteiger partial charge in [-0.3, -0.25) is 24.3 Å². The van der Waals surface area contributed by atoms with Gasteiger partial charge >= 0.3 is 0 Å². The highest BCUT2D eigenvalue weighted by Crippen LogP contribution is 2.29. The van der Waals surface area contributed by atoms with Gasteiger partial charge in [-0.05, 0) is 31.4 Å². The van der Waals surface area contributed by atoms with Crippen molar-refractivity contribution in [3.63, 3.8) is 0 Å². The van der Waals surface area contributed by atoms with Crippen molar-refractivity contribution in [1.82, 2.24) is 9.55 Å². The van der Waals surface area contributed by atoms with E-state index in [1.165, 1.54) is 23.5 Å². The number of nitrogens with zero attached hydrogens (tertiary/aromatic N) is 3. The number of carbonyl (C=O) groups is 1. The number of nitrogens with one attached hydrogen (secondary N) is 1. The summed E-state index contributed by atoms with van der Waals surface area (Å²) in [6, 6.07) is 12.8. The molecule has 0 radical (unpaired) electrons. The number of fused-ring (bicyclic) bond motifs is 1. The van der Waals surface area contributed by atoms with Gasteiger partial charge in [-0.15, -0.1) is 11.3 Å². The summed E-state index contributed by atoms with van der Waals surface area (Å²) in [7, 11) is 0. The Balaban J connectivity index is 1.67. The molecular weight excluding hydrogens is 440 g/mol. The normalized spacial score (nSPS) is 12.0. The summed E-state index contributed by atoms with van der Waals surface area (Å²) in [5.74, 6) is -0.340. The van der Waals surface area contributed by atoms with Crippen LogP contribution in [-0.2, 0) is 4.79 Å². The molecule has 1 unspecified atom stereocenters. The van der Waals surface area contributed by atoms with Gasteiger partial charge in [0.2, 0.25) is 5.91 Å². The Morgan fingerprint density at radius 1 is 1.18 bits per heavy atom.